The summed E-state index contributed by atoms with van der Waals surface area (Å²) in [7, 11) is 1.67. The third-order valence-corrected chi connectivity index (χ3v) is 4.46. The van der Waals surface area contributed by atoms with Gasteiger partial charge in [0.05, 0.1) is 6.61 Å². The highest BCUT2D eigenvalue weighted by Crippen LogP contribution is 2.17. The van der Waals surface area contributed by atoms with Gasteiger partial charge in [-0.3, -0.25) is 4.99 Å². The summed E-state index contributed by atoms with van der Waals surface area (Å²) in [6.45, 7) is 1.03. The summed E-state index contributed by atoms with van der Waals surface area (Å²) < 4.78 is 14.2. The zero-order chi connectivity index (χ0) is 17.4. The molecule has 0 heterocycles. The lowest BCUT2D eigenvalue weighted by Gasteiger charge is -2.18. The normalized spacial score (nSPS) is 12.8. The SMILES string of the molecule is CN=C(NCc1cc(F)ccc1Br)NCC(CO)c1ccccc1. The lowest BCUT2D eigenvalue weighted by Crippen LogP contribution is -2.39. The van der Waals surface area contributed by atoms with E-state index in [9.17, 15) is 9.50 Å². The Hall–Kier alpha value is -1.92. The fourth-order valence-corrected chi connectivity index (χ4v) is 2.70. The number of nitrogens with one attached hydrogen (secondary N) is 2. The number of hydrogen-bond donors (Lipinski definition) is 3. The monoisotopic (exact) mass is 393 g/mol. The Bertz CT molecular complexity index is 679. The maximum Gasteiger partial charge on any atom is 0.191 e. The molecular formula is C18H21BrFN3O. The number of guanidine groups is 1. The molecule has 0 aromatic heterocycles. The predicted molar refractivity (Wildman–Crippen MR) is 98.6 cm³/mol. The van der Waals surface area contributed by atoms with E-state index in [4.69, 9.17) is 0 Å². The van der Waals surface area contributed by atoms with Crippen LogP contribution in [0.1, 0.15) is 17.0 Å². The highest BCUT2D eigenvalue weighted by molar-refractivity contribution is 9.10. The minimum Gasteiger partial charge on any atom is -0.396 e. The second kappa shape index (κ2) is 9.39. The van der Waals surface area contributed by atoms with Crippen molar-refractivity contribution in [2.24, 2.45) is 4.99 Å². The van der Waals surface area contributed by atoms with Crippen molar-refractivity contribution in [3.63, 3.8) is 0 Å². The van der Waals surface area contributed by atoms with Gasteiger partial charge in [-0.2, -0.15) is 0 Å². The van der Waals surface area contributed by atoms with Gasteiger partial charge in [0.25, 0.3) is 0 Å². The molecule has 0 saturated carbocycles. The van der Waals surface area contributed by atoms with E-state index in [0.29, 0.717) is 19.0 Å². The fourth-order valence-electron chi connectivity index (χ4n) is 2.31. The zero-order valence-corrected chi connectivity index (χ0v) is 15.1. The molecular weight excluding hydrogens is 373 g/mol. The van der Waals surface area contributed by atoms with Crippen LogP contribution >= 0.6 is 15.9 Å². The lowest BCUT2D eigenvalue weighted by molar-refractivity contribution is 0.265. The van der Waals surface area contributed by atoms with Crippen molar-refractivity contribution in [2.45, 2.75) is 12.5 Å². The molecule has 0 aliphatic rings. The number of aliphatic hydroxyl groups excluding tert-OH is 1. The Morgan fingerprint density at radius 3 is 2.62 bits per heavy atom. The summed E-state index contributed by atoms with van der Waals surface area (Å²) >= 11 is 3.41. The highest BCUT2D eigenvalue weighted by Gasteiger charge is 2.11. The summed E-state index contributed by atoms with van der Waals surface area (Å²) in [6, 6.07) is 14.4. The van der Waals surface area contributed by atoms with Crippen molar-refractivity contribution >= 4 is 21.9 Å². The van der Waals surface area contributed by atoms with E-state index in [1.807, 2.05) is 30.3 Å². The maximum atomic E-state index is 13.3. The summed E-state index contributed by atoms with van der Waals surface area (Å²) in [5, 5.41) is 15.9. The molecule has 2 rings (SSSR count). The Kier molecular flexibility index (Phi) is 7.21. The molecule has 4 nitrogen and oxygen atoms in total. The second-order valence-electron chi connectivity index (χ2n) is 5.33. The van der Waals surface area contributed by atoms with Gasteiger partial charge in [0, 0.05) is 30.5 Å². The Balaban J connectivity index is 1.91. The van der Waals surface area contributed by atoms with E-state index in [1.54, 1.807) is 13.1 Å². The van der Waals surface area contributed by atoms with Crippen LogP contribution < -0.4 is 10.6 Å². The summed E-state index contributed by atoms with van der Waals surface area (Å²) in [4.78, 5) is 4.16. The highest BCUT2D eigenvalue weighted by atomic mass is 79.9. The molecule has 0 aliphatic heterocycles. The van der Waals surface area contributed by atoms with E-state index in [0.717, 1.165) is 15.6 Å². The van der Waals surface area contributed by atoms with E-state index >= 15 is 0 Å². The van der Waals surface area contributed by atoms with E-state index < -0.39 is 0 Å². The Labute approximate surface area is 150 Å². The molecule has 128 valence electrons. The molecule has 0 saturated heterocycles. The molecule has 0 fully saturated rings. The molecule has 2 aromatic carbocycles. The van der Waals surface area contributed by atoms with E-state index in [-0.39, 0.29) is 18.3 Å². The Morgan fingerprint density at radius 1 is 1.21 bits per heavy atom. The maximum absolute atomic E-state index is 13.3. The van der Waals surface area contributed by atoms with Crippen molar-refractivity contribution in [1.82, 2.24) is 10.6 Å². The average molecular weight is 394 g/mol. The van der Waals surface area contributed by atoms with Gasteiger partial charge in [0.2, 0.25) is 0 Å². The van der Waals surface area contributed by atoms with Crippen LogP contribution in [0.5, 0.6) is 0 Å². The van der Waals surface area contributed by atoms with Crippen molar-refractivity contribution < 1.29 is 9.50 Å². The van der Waals surface area contributed by atoms with Gasteiger partial charge in [-0.1, -0.05) is 46.3 Å². The molecule has 1 atom stereocenters. The largest absolute Gasteiger partial charge is 0.396 e. The molecule has 0 radical (unpaired) electrons. The minimum absolute atomic E-state index is 0.0225. The molecule has 0 spiro atoms. The molecule has 6 heteroatoms. The zero-order valence-electron chi connectivity index (χ0n) is 13.5. The van der Waals surface area contributed by atoms with Crippen LogP contribution in [0, 0.1) is 5.82 Å². The first-order valence-corrected chi connectivity index (χ1v) is 8.47. The van der Waals surface area contributed by atoms with Gasteiger partial charge in [-0.25, -0.2) is 4.39 Å². The minimum atomic E-state index is -0.276. The standard InChI is InChI=1S/C18H21BrFN3O/c1-21-18(22-10-14-9-16(20)7-8-17(14)19)23-11-15(12-24)13-5-3-2-4-6-13/h2-9,15,24H,10-12H2,1H3,(H2,21,22,23). The molecule has 24 heavy (non-hydrogen) atoms. The molecule has 0 amide bonds. The van der Waals surface area contributed by atoms with Crippen LogP contribution in [0.2, 0.25) is 0 Å². The van der Waals surface area contributed by atoms with Crippen molar-refractivity contribution in [3.8, 4) is 0 Å². The van der Waals surface area contributed by atoms with Crippen molar-refractivity contribution in [1.29, 1.82) is 0 Å². The number of aliphatic hydroxyl groups is 1. The number of nitrogens with zero attached hydrogens (tertiary/aromatic N) is 1. The quantitative estimate of drug-likeness (QED) is 0.522. The number of benzene rings is 2. The van der Waals surface area contributed by atoms with Gasteiger partial charge < -0.3 is 15.7 Å². The van der Waals surface area contributed by atoms with Gasteiger partial charge in [-0.05, 0) is 29.3 Å². The molecule has 1 unspecified atom stereocenters. The summed E-state index contributed by atoms with van der Waals surface area (Å²) in [6.07, 6.45) is 0. The summed E-state index contributed by atoms with van der Waals surface area (Å²) in [5.74, 6) is 0.300. The van der Waals surface area contributed by atoms with Crippen LogP contribution in [-0.2, 0) is 6.54 Å². The third kappa shape index (κ3) is 5.32. The van der Waals surface area contributed by atoms with Crippen LogP contribution in [0.4, 0.5) is 4.39 Å². The fraction of sp³-hybridized carbons (Fsp3) is 0.278. The van der Waals surface area contributed by atoms with Gasteiger partial charge in [0.15, 0.2) is 5.96 Å². The van der Waals surface area contributed by atoms with Gasteiger partial charge in [-0.15, -0.1) is 0 Å². The number of hydrogen-bond acceptors (Lipinski definition) is 2. The first kappa shape index (κ1) is 18.4. The average Bonchev–Trinajstić information content (AvgIpc) is 2.61. The lowest BCUT2D eigenvalue weighted by atomic mass is 10.0. The van der Waals surface area contributed by atoms with Crippen LogP contribution in [-0.4, -0.2) is 31.3 Å². The number of halogens is 2. The molecule has 0 bridgehead atoms. The van der Waals surface area contributed by atoms with Crippen LogP contribution in [0.15, 0.2) is 58.0 Å². The molecule has 0 aliphatic carbocycles. The Morgan fingerprint density at radius 2 is 1.96 bits per heavy atom. The van der Waals surface area contributed by atoms with Gasteiger partial charge in [0.1, 0.15) is 5.82 Å². The van der Waals surface area contributed by atoms with Crippen LogP contribution in [0.3, 0.4) is 0 Å². The third-order valence-electron chi connectivity index (χ3n) is 3.68. The van der Waals surface area contributed by atoms with Crippen molar-refractivity contribution in [2.75, 3.05) is 20.2 Å². The first-order valence-electron chi connectivity index (χ1n) is 7.68. The smallest absolute Gasteiger partial charge is 0.191 e. The van der Waals surface area contributed by atoms with Crippen molar-refractivity contribution in [3.05, 3.63) is 69.9 Å². The molecule has 3 N–H and O–H groups in total. The van der Waals surface area contributed by atoms with Gasteiger partial charge >= 0.3 is 0 Å². The van der Waals surface area contributed by atoms with Crippen LogP contribution in [0.25, 0.3) is 0 Å². The van der Waals surface area contributed by atoms with E-state index in [1.165, 1.54) is 12.1 Å². The predicted octanol–water partition coefficient (Wildman–Crippen LogP) is 3.03. The first-order chi connectivity index (χ1) is 11.6. The topological polar surface area (TPSA) is 56.7 Å². The molecule has 2 aromatic rings. The number of rotatable bonds is 6. The second-order valence-corrected chi connectivity index (χ2v) is 6.19. The summed E-state index contributed by atoms with van der Waals surface area (Å²) in [5.41, 5.74) is 1.87. The van der Waals surface area contributed by atoms with E-state index in [2.05, 4.69) is 31.6 Å². The number of aliphatic imine (C=N–C) groups is 1.